The lowest BCUT2D eigenvalue weighted by Gasteiger charge is -2.35. The molecule has 0 aliphatic carbocycles. The molecule has 2 N–H and O–H groups in total. The molecule has 1 aliphatic heterocycles. The van der Waals surface area contributed by atoms with Crippen molar-refractivity contribution in [2.75, 3.05) is 31.1 Å². The van der Waals surface area contributed by atoms with Crippen molar-refractivity contribution in [3.8, 4) is 5.75 Å². The van der Waals surface area contributed by atoms with Crippen LogP contribution in [-0.2, 0) is 15.6 Å². The van der Waals surface area contributed by atoms with Crippen LogP contribution >= 0.6 is 0 Å². The Balaban J connectivity index is 1.70. The van der Waals surface area contributed by atoms with Crippen molar-refractivity contribution in [2.24, 2.45) is 0 Å². The van der Waals surface area contributed by atoms with Gasteiger partial charge in [-0.2, -0.15) is 17.5 Å². The Kier molecular flexibility index (Phi) is 5.54. The first-order valence-corrected chi connectivity index (χ1v) is 10.3. The van der Waals surface area contributed by atoms with Crippen LogP contribution in [0.4, 0.5) is 18.9 Å². The fourth-order valence-corrected chi connectivity index (χ4v) is 4.60. The topological polar surface area (TPSA) is 81.1 Å². The Morgan fingerprint density at radius 2 is 1.55 bits per heavy atom. The molecule has 0 amide bonds. The van der Waals surface area contributed by atoms with Gasteiger partial charge in [0.1, 0.15) is 5.75 Å². The Morgan fingerprint density at radius 1 is 0.966 bits per heavy atom. The zero-order valence-electron chi connectivity index (χ0n) is 15.6. The van der Waals surface area contributed by atoms with E-state index in [0.29, 0.717) is 25.7 Å². The van der Waals surface area contributed by atoms with Crippen LogP contribution in [-0.4, -0.2) is 55.3 Å². The largest absolute Gasteiger partial charge is 0.508 e. The Labute approximate surface area is 166 Å². The maximum absolute atomic E-state index is 13.0. The van der Waals surface area contributed by atoms with E-state index in [4.69, 9.17) is 0 Å². The molecular formula is C19H21F3N2O4S. The van der Waals surface area contributed by atoms with Crippen LogP contribution in [0.3, 0.4) is 0 Å². The van der Waals surface area contributed by atoms with Gasteiger partial charge in [-0.1, -0.05) is 18.2 Å². The highest BCUT2D eigenvalue weighted by Gasteiger charge is 2.51. The maximum Gasteiger partial charge on any atom is 0.421 e. The fraction of sp³-hybridized carbons (Fsp3) is 0.368. The Morgan fingerprint density at radius 3 is 2.07 bits per heavy atom. The van der Waals surface area contributed by atoms with Gasteiger partial charge in [0.15, 0.2) is 5.60 Å². The van der Waals surface area contributed by atoms with Crippen molar-refractivity contribution in [3.63, 3.8) is 0 Å². The van der Waals surface area contributed by atoms with E-state index in [-0.39, 0.29) is 29.3 Å². The molecule has 2 aromatic carbocycles. The number of hydrogen-bond acceptors (Lipinski definition) is 5. The highest BCUT2D eigenvalue weighted by Crippen LogP contribution is 2.39. The lowest BCUT2D eigenvalue weighted by molar-refractivity contribution is -0.258. The molecule has 1 heterocycles. The number of phenolic OH excluding ortho intramolecular Hbond substituents is 1. The van der Waals surface area contributed by atoms with E-state index in [2.05, 4.69) is 0 Å². The van der Waals surface area contributed by atoms with Gasteiger partial charge in [0.25, 0.3) is 0 Å². The maximum atomic E-state index is 13.0. The molecule has 10 heteroatoms. The Hall–Kier alpha value is -2.30. The van der Waals surface area contributed by atoms with E-state index in [1.165, 1.54) is 52.8 Å². The minimum Gasteiger partial charge on any atom is -0.508 e. The first-order chi connectivity index (χ1) is 13.4. The van der Waals surface area contributed by atoms with Gasteiger partial charge in [-0.15, -0.1) is 0 Å². The molecule has 0 saturated carbocycles. The van der Waals surface area contributed by atoms with Crippen LogP contribution in [0.2, 0.25) is 0 Å². The minimum absolute atomic E-state index is 0.00434. The number of halogens is 3. The molecule has 29 heavy (non-hydrogen) atoms. The van der Waals surface area contributed by atoms with E-state index in [0.717, 1.165) is 0 Å². The molecule has 3 rings (SSSR count). The number of aliphatic hydroxyl groups is 1. The summed E-state index contributed by atoms with van der Waals surface area (Å²) in [4.78, 5) is 1.87. The molecule has 1 unspecified atom stereocenters. The summed E-state index contributed by atoms with van der Waals surface area (Å²) in [7, 11) is -3.74. The molecule has 1 fully saturated rings. The standard InChI is InChI=1S/C19H21F3N2O4S/c1-18(26,19(20,21)22)14-5-7-15(8-6-14)23-9-11-24(12-10-23)29(27,28)17-4-2-3-16(25)13-17/h2-8,13,25-26H,9-12H2,1H3. The fourth-order valence-electron chi connectivity index (χ4n) is 3.14. The van der Waals surface area contributed by atoms with Gasteiger partial charge in [-0.25, -0.2) is 8.42 Å². The van der Waals surface area contributed by atoms with Crippen molar-refractivity contribution in [3.05, 3.63) is 54.1 Å². The summed E-state index contributed by atoms with van der Waals surface area (Å²) in [5.41, 5.74) is -2.57. The van der Waals surface area contributed by atoms with Crippen LogP contribution < -0.4 is 4.90 Å². The zero-order valence-corrected chi connectivity index (χ0v) is 16.4. The van der Waals surface area contributed by atoms with Crippen molar-refractivity contribution in [2.45, 2.75) is 23.6 Å². The molecule has 158 valence electrons. The molecule has 2 aromatic rings. The second kappa shape index (κ2) is 7.51. The average Bonchev–Trinajstić information content (AvgIpc) is 2.67. The van der Waals surface area contributed by atoms with Crippen LogP contribution in [0, 0.1) is 0 Å². The molecule has 0 aromatic heterocycles. The third-order valence-electron chi connectivity index (χ3n) is 5.04. The average molecular weight is 430 g/mol. The summed E-state index contributed by atoms with van der Waals surface area (Å²) in [5.74, 6) is -0.139. The summed E-state index contributed by atoms with van der Waals surface area (Å²) in [5, 5.41) is 19.3. The van der Waals surface area contributed by atoms with E-state index in [1.54, 1.807) is 0 Å². The summed E-state index contributed by atoms with van der Waals surface area (Å²) in [6.07, 6.45) is -4.79. The van der Waals surface area contributed by atoms with Gasteiger partial charge in [0, 0.05) is 31.9 Å². The normalized spacial score (nSPS) is 18.4. The molecule has 1 atom stereocenters. The Bertz CT molecular complexity index is 968. The van der Waals surface area contributed by atoms with Crippen molar-refractivity contribution >= 4 is 15.7 Å². The predicted octanol–water partition coefficient (Wildman–Crippen LogP) is 2.67. The monoisotopic (exact) mass is 430 g/mol. The highest BCUT2D eigenvalue weighted by molar-refractivity contribution is 7.89. The van der Waals surface area contributed by atoms with Gasteiger partial charge in [0.05, 0.1) is 4.90 Å². The number of rotatable bonds is 4. The second-order valence-electron chi connectivity index (χ2n) is 7.01. The lowest BCUT2D eigenvalue weighted by atomic mass is 9.95. The van der Waals surface area contributed by atoms with Gasteiger partial charge < -0.3 is 15.1 Å². The number of nitrogens with zero attached hydrogens (tertiary/aromatic N) is 2. The van der Waals surface area contributed by atoms with Crippen molar-refractivity contribution < 1.29 is 31.8 Å². The summed E-state index contributed by atoms with van der Waals surface area (Å²) >= 11 is 0. The van der Waals surface area contributed by atoms with E-state index in [9.17, 15) is 31.8 Å². The van der Waals surface area contributed by atoms with E-state index < -0.39 is 21.8 Å². The van der Waals surface area contributed by atoms with Crippen LogP contribution in [0.5, 0.6) is 5.75 Å². The number of anilines is 1. The molecule has 0 radical (unpaired) electrons. The zero-order chi connectivity index (χ0) is 21.4. The minimum atomic E-state index is -4.79. The number of aromatic hydroxyl groups is 1. The molecule has 6 nitrogen and oxygen atoms in total. The number of phenols is 1. The second-order valence-corrected chi connectivity index (χ2v) is 8.94. The number of sulfonamides is 1. The van der Waals surface area contributed by atoms with Crippen LogP contribution in [0.25, 0.3) is 0 Å². The van der Waals surface area contributed by atoms with Crippen LogP contribution in [0.15, 0.2) is 53.4 Å². The number of benzene rings is 2. The number of piperazine rings is 1. The van der Waals surface area contributed by atoms with Gasteiger partial charge >= 0.3 is 6.18 Å². The third-order valence-corrected chi connectivity index (χ3v) is 6.94. The molecule has 1 saturated heterocycles. The van der Waals surface area contributed by atoms with Crippen molar-refractivity contribution in [1.82, 2.24) is 4.31 Å². The van der Waals surface area contributed by atoms with E-state index in [1.807, 2.05) is 4.90 Å². The van der Waals surface area contributed by atoms with Crippen LogP contribution in [0.1, 0.15) is 12.5 Å². The molecule has 0 spiro atoms. The summed E-state index contributed by atoms with van der Waals surface area (Å²) < 4.78 is 65.6. The number of alkyl halides is 3. The highest BCUT2D eigenvalue weighted by atomic mass is 32.2. The van der Waals surface area contributed by atoms with Gasteiger partial charge in [-0.05, 0) is 42.8 Å². The number of hydrogen-bond donors (Lipinski definition) is 2. The van der Waals surface area contributed by atoms with Crippen molar-refractivity contribution in [1.29, 1.82) is 0 Å². The first-order valence-electron chi connectivity index (χ1n) is 8.87. The summed E-state index contributed by atoms with van der Waals surface area (Å²) in [6.45, 7) is 1.80. The van der Waals surface area contributed by atoms with Gasteiger partial charge in [-0.3, -0.25) is 0 Å². The summed E-state index contributed by atoms with van der Waals surface area (Å²) in [6, 6.07) is 10.8. The molecule has 0 bridgehead atoms. The first kappa shape index (κ1) is 21.4. The smallest absolute Gasteiger partial charge is 0.421 e. The SMILES string of the molecule is CC(O)(c1ccc(N2CCN(S(=O)(=O)c3cccc(O)c3)CC2)cc1)C(F)(F)F. The molecule has 1 aliphatic rings. The predicted molar refractivity (Wildman–Crippen MR) is 101 cm³/mol. The molecular weight excluding hydrogens is 409 g/mol. The van der Waals surface area contributed by atoms with Gasteiger partial charge in [0.2, 0.25) is 10.0 Å². The third kappa shape index (κ3) is 4.19. The lowest BCUT2D eigenvalue weighted by Crippen LogP contribution is -2.48. The quantitative estimate of drug-likeness (QED) is 0.780. The van der Waals surface area contributed by atoms with E-state index >= 15 is 0 Å².